The summed E-state index contributed by atoms with van der Waals surface area (Å²) >= 11 is 6.50. The fraction of sp³-hybridized carbons (Fsp3) is 0.190. The molecular formula is C21H18ClN3O2. The molecule has 0 atom stereocenters. The van der Waals surface area contributed by atoms with Crippen LogP contribution in [0.2, 0.25) is 5.02 Å². The molecule has 136 valence electrons. The Morgan fingerprint density at radius 2 is 1.93 bits per heavy atom. The minimum atomic E-state index is -0.151. The van der Waals surface area contributed by atoms with Gasteiger partial charge in [-0.1, -0.05) is 35.9 Å². The second kappa shape index (κ2) is 7.37. The number of hydrogen-bond acceptors (Lipinski definition) is 4. The molecule has 6 heteroatoms. The normalized spacial score (nSPS) is 13.3. The van der Waals surface area contributed by atoms with Crippen LogP contribution < -0.4 is 10.1 Å². The number of carbonyl (C=O) groups excluding carboxylic acids is 1. The molecule has 0 saturated heterocycles. The number of hydrogen-bond donors (Lipinski definition) is 1. The Morgan fingerprint density at radius 3 is 2.67 bits per heavy atom. The zero-order chi connectivity index (χ0) is 18.8. The first-order valence-corrected chi connectivity index (χ1v) is 9.10. The van der Waals surface area contributed by atoms with Crippen LogP contribution in [0.25, 0.3) is 11.4 Å². The van der Waals surface area contributed by atoms with Crippen molar-refractivity contribution in [2.45, 2.75) is 13.3 Å². The maximum atomic E-state index is 12.3. The zero-order valence-corrected chi connectivity index (χ0v) is 15.6. The zero-order valence-electron chi connectivity index (χ0n) is 14.8. The highest BCUT2D eigenvalue weighted by molar-refractivity contribution is 6.33. The summed E-state index contributed by atoms with van der Waals surface area (Å²) in [7, 11) is 0. The summed E-state index contributed by atoms with van der Waals surface area (Å²) in [6, 6.07) is 11.8. The van der Waals surface area contributed by atoms with E-state index in [0.29, 0.717) is 41.7 Å². The van der Waals surface area contributed by atoms with Gasteiger partial charge in [0.1, 0.15) is 6.61 Å². The Bertz CT molecular complexity index is 989. The number of halogens is 1. The number of carbonyl (C=O) groups is 1. The molecular weight excluding hydrogens is 362 g/mol. The Balaban J connectivity index is 1.65. The SMILES string of the molecule is Cc1c(Cc2ccc(-c3ncccn3)cc2)cc2c(c1Cl)OCCNC2=O. The first-order valence-electron chi connectivity index (χ1n) is 8.73. The predicted octanol–water partition coefficient (Wildman–Crippen LogP) is 3.82. The highest BCUT2D eigenvalue weighted by Gasteiger charge is 2.22. The first-order chi connectivity index (χ1) is 13.1. The average Bonchev–Trinajstić information content (AvgIpc) is 2.89. The summed E-state index contributed by atoms with van der Waals surface area (Å²) in [4.78, 5) is 20.8. The summed E-state index contributed by atoms with van der Waals surface area (Å²) in [5.41, 5.74) is 4.50. The maximum Gasteiger partial charge on any atom is 0.255 e. The molecule has 0 bridgehead atoms. The lowest BCUT2D eigenvalue weighted by Gasteiger charge is -2.15. The molecule has 0 radical (unpaired) electrons. The molecule has 0 fully saturated rings. The molecule has 0 spiro atoms. The first kappa shape index (κ1) is 17.5. The van der Waals surface area contributed by atoms with Crippen molar-refractivity contribution < 1.29 is 9.53 Å². The number of nitrogens with one attached hydrogen (secondary N) is 1. The molecule has 2 aromatic carbocycles. The van der Waals surface area contributed by atoms with E-state index in [4.69, 9.17) is 16.3 Å². The number of ether oxygens (including phenoxy) is 1. The Hall–Kier alpha value is -2.92. The molecule has 0 aliphatic carbocycles. The van der Waals surface area contributed by atoms with Gasteiger partial charge in [0.25, 0.3) is 5.91 Å². The van der Waals surface area contributed by atoms with Gasteiger partial charge >= 0.3 is 0 Å². The monoisotopic (exact) mass is 379 g/mol. The van der Waals surface area contributed by atoms with Gasteiger partial charge in [-0.15, -0.1) is 0 Å². The van der Waals surface area contributed by atoms with Crippen LogP contribution in [-0.2, 0) is 6.42 Å². The molecule has 2 heterocycles. The third-order valence-corrected chi connectivity index (χ3v) is 5.08. The van der Waals surface area contributed by atoms with Crippen molar-refractivity contribution in [1.82, 2.24) is 15.3 Å². The molecule has 1 amide bonds. The van der Waals surface area contributed by atoms with Crippen LogP contribution in [-0.4, -0.2) is 29.0 Å². The van der Waals surface area contributed by atoms with Crippen LogP contribution in [0.4, 0.5) is 0 Å². The number of nitrogens with zero attached hydrogens (tertiary/aromatic N) is 2. The van der Waals surface area contributed by atoms with E-state index in [1.165, 1.54) is 0 Å². The van der Waals surface area contributed by atoms with Gasteiger partial charge in [-0.3, -0.25) is 4.79 Å². The molecule has 0 saturated carbocycles. The summed E-state index contributed by atoms with van der Waals surface area (Å²) in [6.07, 6.45) is 4.12. The van der Waals surface area contributed by atoms with Gasteiger partial charge in [-0.05, 0) is 42.2 Å². The Labute approximate surface area is 162 Å². The van der Waals surface area contributed by atoms with Crippen molar-refractivity contribution in [2.75, 3.05) is 13.2 Å². The number of benzene rings is 2. The molecule has 0 unspecified atom stereocenters. The second-order valence-corrected chi connectivity index (χ2v) is 6.78. The van der Waals surface area contributed by atoms with Gasteiger partial charge in [-0.25, -0.2) is 9.97 Å². The largest absolute Gasteiger partial charge is 0.489 e. The number of aromatic nitrogens is 2. The van der Waals surface area contributed by atoms with E-state index in [1.54, 1.807) is 18.5 Å². The lowest BCUT2D eigenvalue weighted by atomic mass is 9.96. The summed E-state index contributed by atoms with van der Waals surface area (Å²) < 4.78 is 5.67. The fourth-order valence-electron chi connectivity index (χ4n) is 3.12. The van der Waals surface area contributed by atoms with Crippen LogP contribution in [0.3, 0.4) is 0 Å². The minimum Gasteiger partial charge on any atom is -0.489 e. The standard InChI is InChI=1S/C21H18ClN3O2/c1-13-16(12-17-19(18(13)22)27-10-9-25-21(17)26)11-14-3-5-15(6-4-14)20-23-7-2-8-24-20/h2-8,12H,9-11H2,1H3,(H,25,26). The Kier molecular flexibility index (Phi) is 4.77. The van der Waals surface area contributed by atoms with E-state index in [1.807, 2.05) is 37.3 Å². The molecule has 5 nitrogen and oxygen atoms in total. The Morgan fingerprint density at radius 1 is 1.19 bits per heavy atom. The smallest absolute Gasteiger partial charge is 0.255 e. The van der Waals surface area contributed by atoms with Crippen LogP contribution in [0.15, 0.2) is 48.8 Å². The minimum absolute atomic E-state index is 0.151. The summed E-state index contributed by atoms with van der Waals surface area (Å²) in [5, 5.41) is 3.34. The van der Waals surface area contributed by atoms with Crippen LogP contribution in [0.1, 0.15) is 27.0 Å². The molecule has 1 aliphatic rings. The van der Waals surface area contributed by atoms with Crippen molar-refractivity contribution >= 4 is 17.5 Å². The van der Waals surface area contributed by atoms with Crippen LogP contribution >= 0.6 is 11.6 Å². The van der Waals surface area contributed by atoms with E-state index in [9.17, 15) is 4.79 Å². The highest BCUT2D eigenvalue weighted by Crippen LogP contribution is 2.36. The molecule has 1 aromatic heterocycles. The summed E-state index contributed by atoms with van der Waals surface area (Å²) in [6.45, 7) is 2.85. The molecule has 27 heavy (non-hydrogen) atoms. The van der Waals surface area contributed by atoms with Crippen molar-refractivity contribution in [3.05, 3.63) is 76.1 Å². The second-order valence-electron chi connectivity index (χ2n) is 6.40. The van der Waals surface area contributed by atoms with Gasteiger partial charge in [0, 0.05) is 18.0 Å². The lowest BCUT2D eigenvalue weighted by molar-refractivity contribution is 0.0957. The highest BCUT2D eigenvalue weighted by atomic mass is 35.5. The van der Waals surface area contributed by atoms with Gasteiger partial charge in [0.05, 0.1) is 17.1 Å². The van der Waals surface area contributed by atoms with Gasteiger partial charge in [-0.2, -0.15) is 0 Å². The van der Waals surface area contributed by atoms with Gasteiger partial charge in [0.2, 0.25) is 0 Å². The molecule has 4 rings (SSSR count). The van der Waals surface area contributed by atoms with Gasteiger partial charge in [0.15, 0.2) is 11.6 Å². The van der Waals surface area contributed by atoms with Crippen LogP contribution in [0, 0.1) is 6.92 Å². The quantitative estimate of drug-likeness (QED) is 0.751. The third kappa shape index (κ3) is 3.51. The topological polar surface area (TPSA) is 64.1 Å². The average molecular weight is 380 g/mol. The van der Waals surface area contributed by atoms with Crippen LogP contribution in [0.5, 0.6) is 5.75 Å². The van der Waals surface area contributed by atoms with E-state index >= 15 is 0 Å². The third-order valence-electron chi connectivity index (χ3n) is 4.62. The maximum absolute atomic E-state index is 12.3. The van der Waals surface area contributed by atoms with E-state index < -0.39 is 0 Å². The van der Waals surface area contributed by atoms with E-state index in [0.717, 1.165) is 22.3 Å². The van der Waals surface area contributed by atoms with Gasteiger partial charge < -0.3 is 10.1 Å². The predicted molar refractivity (Wildman–Crippen MR) is 104 cm³/mol. The summed E-state index contributed by atoms with van der Waals surface area (Å²) in [5.74, 6) is 1.02. The molecule has 1 aliphatic heterocycles. The van der Waals surface area contributed by atoms with Crippen molar-refractivity contribution in [1.29, 1.82) is 0 Å². The van der Waals surface area contributed by atoms with E-state index in [-0.39, 0.29) is 5.91 Å². The van der Waals surface area contributed by atoms with Crippen molar-refractivity contribution in [2.24, 2.45) is 0 Å². The van der Waals surface area contributed by atoms with E-state index in [2.05, 4.69) is 15.3 Å². The number of fused-ring (bicyclic) bond motifs is 1. The number of amides is 1. The molecule has 3 aromatic rings. The fourth-order valence-corrected chi connectivity index (χ4v) is 3.40. The number of rotatable bonds is 3. The van der Waals surface area contributed by atoms with Crippen molar-refractivity contribution in [3.8, 4) is 17.1 Å². The molecule has 1 N–H and O–H groups in total. The van der Waals surface area contributed by atoms with Crippen molar-refractivity contribution in [3.63, 3.8) is 0 Å². The lowest BCUT2D eigenvalue weighted by Crippen LogP contribution is -2.24.